The molecule has 0 spiro atoms. The molecule has 0 amide bonds. The Morgan fingerprint density at radius 3 is 3.00 bits per heavy atom. The molecule has 4 nitrogen and oxygen atoms in total. The molecule has 70 valence electrons. The van der Waals surface area contributed by atoms with Gasteiger partial charge in [0.2, 0.25) is 0 Å². The molecule has 0 radical (unpaired) electrons. The first kappa shape index (κ1) is 8.98. The van der Waals surface area contributed by atoms with E-state index in [0.29, 0.717) is 9.61 Å². The minimum Gasteiger partial charge on any atom is -0.356 e. The van der Waals surface area contributed by atoms with Crippen LogP contribution < -0.4 is 10.5 Å². The highest BCUT2D eigenvalue weighted by Gasteiger charge is 2.28. The van der Waals surface area contributed by atoms with Crippen molar-refractivity contribution in [2.45, 2.75) is 18.9 Å². The van der Waals surface area contributed by atoms with Crippen LogP contribution in [-0.4, -0.2) is 23.1 Å². The fourth-order valence-corrected chi connectivity index (χ4v) is 1.93. The van der Waals surface area contributed by atoms with Crippen LogP contribution in [0.15, 0.2) is 11.1 Å². The minimum absolute atomic E-state index is 0.0573. The number of halogens is 1. The molecule has 13 heavy (non-hydrogen) atoms. The fraction of sp³-hybridized carbons (Fsp3) is 0.500. The van der Waals surface area contributed by atoms with Gasteiger partial charge in [-0.15, -0.1) is 0 Å². The molecule has 0 atom stereocenters. The molecule has 0 unspecified atom stereocenters. The second kappa shape index (κ2) is 3.28. The van der Waals surface area contributed by atoms with Crippen molar-refractivity contribution in [2.75, 3.05) is 11.9 Å². The summed E-state index contributed by atoms with van der Waals surface area (Å²) in [6.07, 6.45) is 3.88. The van der Waals surface area contributed by atoms with Crippen molar-refractivity contribution in [3.63, 3.8) is 0 Å². The predicted octanol–water partition coefficient (Wildman–Crippen LogP) is 0.973. The topological polar surface area (TPSA) is 49.0 Å². The van der Waals surface area contributed by atoms with Crippen LogP contribution in [0.2, 0.25) is 0 Å². The third-order valence-electron chi connectivity index (χ3n) is 2.21. The van der Waals surface area contributed by atoms with Crippen molar-refractivity contribution in [1.82, 2.24) is 9.97 Å². The van der Waals surface area contributed by atoms with E-state index in [1.165, 1.54) is 19.2 Å². The van der Waals surface area contributed by atoms with Gasteiger partial charge in [0, 0.05) is 13.1 Å². The van der Waals surface area contributed by atoms with Crippen LogP contribution in [0.3, 0.4) is 0 Å². The number of aromatic amines is 1. The van der Waals surface area contributed by atoms with Crippen molar-refractivity contribution in [1.29, 1.82) is 0 Å². The Balaban J connectivity index is 2.38. The van der Waals surface area contributed by atoms with Gasteiger partial charge in [-0.1, -0.05) is 0 Å². The van der Waals surface area contributed by atoms with E-state index in [2.05, 4.69) is 14.9 Å². The molecule has 0 bridgehead atoms. The van der Waals surface area contributed by atoms with Gasteiger partial charge in [0.1, 0.15) is 9.39 Å². The van der Waals surface area contributed by atoms with Crippen molar-refractivity contribution in [3.05, 3.63) is 20.3 Å². The molecule has 1 fully saturated rings. The van der Waals surface area contributed by atoms with E-state index >= 15 is 0 Å². The van der Waals surface area contributed by atoms with Gasteiger partial charge in [-0.3, -0.25) is 4.79 Å². The normalized spacial score (nSPS) is 15.8. The van der Waals surface area contributed by atoms with Gasteiger partial charge < -0.3 is 9.88 Å². The highest BCUT2D eigenvalue weighted by Crippen LogP contribution is 2.29. The van der Waals surface area contributed by atoms with Gasteiger partial charge in [0.25, 0.3) is 5.56 Å². The SMILES string of the molecule is CN(c1nc[nH]c(=O)c1I)C1CC1. The number of aromatic nitrogens is 2. The molecular formula is C8H10IN3O. The molecule has 1 N–H and O–H groups in total. The number of nitrogens with zero attached hydrogens (tertiary/aromatic N) is 2. The summed E-state index contributed by atoms with van der Waals surface area (Å²) >= 11 is 2.03. The van der Waals surface area contributed by atoms with Crippen molar-refractivity contribution in [2.24, 2.45) is 0 Å². The third kappa shape index (κ3) is 1.70. The summed E-state index contributed by atoms with van der Waals surface area (Å²) in [5, 5.41) is 0. The van der Waals surface area contributed by atoms with Crippen molar-refractivity contribution in [3.8, 4) is 0 Å². The highest BCUT2D eigenvalue weighted by atomic mass is 127. The molecule has 2 rings (SSSR count). The van der Waals surface area contributed by atoms with E-state index in [9.17, 15) is 4.79 Å². The standard InChI is InChI=1S/C8H10IN3O/c1-12(5-2-3-5)7-6(9)8(13)11-4-10-7/h4-5H,2-3H2,1H3,(H,10,11,13). The van der Waals surface area contributed by atoms with E-state index in [0.717, 1.165) is 5.82 Å². The Hall–Kier alpha value is -0.590. The maximum atomic E-state index is 11.3. The minimum atomic E-state index is -0.0573. The third-order valence-corrected chi connectivity index (χ3v) is 3.18. The van der Waals surface area contributed by atoms with Gasteiger partial charge in [-0.05, 0) is 35.4 Å². The average molecular weight is 291 g/mol. The Kier molecular flexibility index (Phi) is 2.27. The number of rotatable bonds is 2. The van der Waals surface area contributed by atoms with Crippen molar-refractivity contribution >= 4 is 28.4 Å². The lowest BCUT2D eigenvalue weighted by Gasteiger charge is -2.17. The molecule has 1 saturated carbocycles. The second-order valence-corrected chi connectivity index (χ2v) is 4.29. The Labute approximate surface area is 89.5 Å². The van der Waals surface area contributed by atoms with E-state index in [1.807, 2.05) is 29.6 Å². The van der Waals surface area contributed by atoms with Crippen LogP contribution in [0.1, 0.15) is 12.8 Å². The zero-order valence-corrected chi connectivity index (χ0v) is 9.41. The largest absolute Gasteiger partial charge is 0.356 e. The predicted molar refractivity (Wildman–Crippen MR) is 59.0 cm³/mol. The number of nitrogens with one attached hydrogen (secondary N) is 1. The second-order valence-electron chi connectivity index (χ2n) is 3.21. The molecule has 1 aromatic heterocycles. The number of hydrogen-bond donors (Lipinski definition) is 1. The zero-order chi connectivity index (χ0) is 9.42. The summed E-state index contributed by atoms with van der Waals surface area (Å²) in [4.78, 5) is 20.1. The monoisotopic (exact) mass is 291 g/mol. The molecule has 0 saturated heterocycles. The summed E-state index contributed by atoms with van der Waals surface area (Å²) < 4.78 is 0.675. The highest BCUT2D eigenvalue weighted by molar-refractivity contribution is 14.1. The smallest absolute Gasteiger partial charge is 0.266 e. The first-order chi connectivity index (χ1) is 6.20. The molecule has 5 heteroatoms. The lowest BCUT2D eigenvalue weighted by atomic mass is 10.5. The number of H-pyrrole nitrogens is 1. The molecule has 0 aromatic carbocycles. The van der Waals surface area contributed by atoms with Gasteiger partial charge >= 0.3 is 0 Å². The van der Waals surface area contributed by atoms with E-state index in [-0.39, 0.29) is 5.56 Å². The molecule has 1 aliphatic rings. The maximum absolute atomic E-state index is 11.3. The van der Waals surface area contributed by atoms with Crippen LogP contribution in [0.4, 0.5) is 5.82 Å². The Morgan fingerprint density at radius 1 is 1.69 bits per heavy atom. The summed E-state index contributed by atoms with van der Waals surface area (Å²) in [5.41, 5.74) is -0.0573. The lowest BCUT2D eigenvalue weighted by Crippen LogP contribution is -2.25. The van der Waals surface area contributed by atoms with Crippen LogP contribution in [0.5, 0.6) is 0 Å². The molecule has 1 aliphatic carbocycles. The summed E-state index contributed by atoms with van der Waals surface area (Å²) in [6.45, 7) is 0. The zero-order valence-electron chi connectivity index (χ0n) is 7.25. The Morgan fingerprint density at radius 2 is 2.38 bits per heavy atom. The van der Waals surface area contributed by atoms with Crippen molar-refractivity contribution < 1.29 is 0 Å². The van der Waals surface area contributed by atoms with Crippen LogP contribution >= 0.6 is 22.6 Å². The van der Waals surface area contributed by atoms with E-state index in [1.54, 1.807) is 0 Å². The average Bonchev–Trinajstić information content (AvgIpc) is 2.91. The van der Waals surface area contributed by atoms with Crippen LogP contribution in [0.25, 0.3) is 0 Å². The first-order valence-corrected chi connectivity index (χ1v) is 5.24. The summed E-state index contributed by atoms with van der Waals surface area (Å²) in [5.74, 6) is 0.798. The lowest BCUT2D eigenvalue weighted by molar-refractivity contribution is 0.875. The number of anilines is 1. The maximum Gasteiger partial charge on any atom is 0.266 e. The van der Waals surface area contributed by atoms with Gasteiger partial charge in [-0.25, -0.2) is 4.98 Å². The quantitative estimate of drug-likeness (QED) is 0.826. The van der Waals surface area contributed by atoms with Gasteiger partial charge in [0.15, 0.2) is 0 Å². The van der Waals surface area contributed by atoms with Gasteiger partial charge in [-0.2, -0.15) is 0 Å². The summed E-state index contributed by atoms with van der Waals surface area (Å²) in [7, 11) is 1.99. The molecule has 0 aliphatic heterocycles. The first-order valence-electron chi connectivity index (χ1n) is 4.16. The van der Waals surface area contributed by atoms with Crippen LogP contribution in [-0.2, 0) is 0 Å². The van der Waals surface area contributed by atoms with E-state index in [4.69, 9.17) is 0 Å². The van der Waals surface area contributed by atoms with E-state index < -0.39 is 0 Å². The summed E-state index contributed by atoms with van der Waals surface area (Å²) in [6, 6.07) is 0.586. The van der Waals surface area contributed by atoms with Crippen LogP contribution in [0, 0.1) is 3.57 Å². The molecule has 1 heterocycles. The number of hydrogen-bond acceptors (Lipinski definition) is 3. The molecular weight excluding hydrogens is 281 g/mol. The fourth-order valence-electron chi connectivity index (χ4n) is 1.25. The van der Waals surface area contributed by atoms with Gasteiger partial charge in [0.05, 0.1) is 6.33 Å². The molecule has 1 aromatic rings. The Bertz CT molecular complexity index is 372.